The predicted octanol–water partition coefficient (Wildman–Crippen LogP) is 16.3. The molecule has 0 aliphatic carbocycles. The first-order valence-electron chi connectivity index (χ1n) is 27.1. The lowest BCUT2D eigenvalue weighted by molar-refractivity contribution is -0.143. The van der Waals surface area contributed by atoms with Gasteiger partial charge in [0.1, 0.15) is 0 Å². The van der Waals surface area contributed by atoms with E-state index in [-0.39, 0.29) is 18.5 Å². The first-order valence-corrected chi connectivity index (χ1v) is 27.1. The van der Waals surface area contributed by atoms with Gasteiger partial charge >= 0.3 is 5.97 Å². The summed E-state index contributed by atoms with van der Waals surface area (Å²) in [5, 5.41) is 23.2. The number of hydrogen-bond acceptors (Lipinski definition) is 5. The second-order valence-electron chi connectivity index (χ2n) is 18.6. The van der Waals surface area contributed by atoms with Gasteiger partial charge in [-0.15, -0.1) is 0 Å². The lowest BCUT2D eigenvalue weighted by Crippen LogP contribution is -2.45. The number of amides is 1. The van der Waals surface area contributed by atoms with Crippen LogP contribution in [0.2, 0.25) is 0 Å². The van der Waals surface area contributed by atoms with Crippen LogP contribution < -0.4 is 5.32 Å². The summed E-state index contributed by atoms with van der Waals surface area (Å²) in [5.74, 6) is -0.101. The summed E-state index contributed by atoms with van der Waals surface area (Å²) in [6, 6.07) is -0.563. The Labute approximate surface area is 380 Å². The van der Waals surface area contributed by atoms with Crippen LogP contribution in [0, 0.1) is 0 Å². The second kappa shape index (κ2) is 51.0. The van der Waals surface area contributed by atoms with E-state index in [1.54, 1.807) is 0 Å². The second-order valence-corrected chi connectivity index (χ2v) is 18.6. The molecule has 360 valence electrons. The summed E-state index contributed by atoms with van der Waals surface area (Å²) in [6.45, 7) is 4.88. The van der Waals surface area contributed by atoms with Crippen LogP contribution in [0.25, 0.3) is 0 Å². The molecule has 0 fully saturated rings. The van der Waals surface area contributed by atoms with E-state index in [1.807, 2.05) is 0 Å². The van der Waals surface area contributed by atoms with Crippen LogP contribution in [0.5, 0.6) is 0 Å². The maximum Gasteiger partial charge on any atom is 0.305 e. The third-order valence-electron chi connectivity index (χ3n) is 12.5. The van der Waals surface area contributed by atoms with Crippen molar-refractivity contribution in [2.24, 2.45) is 0 Å². The first kappa shape index (κ1) is 59.3. The van der Waals surface area contributed by atoms with Crippen molar-refractivity contribution in [2.75, 3.05) is 13.2 Å². The molecule has 0 aliphatic heterocycles. The Hall–Kier alpha value is -1.66. The molecule has 61 heavy (non-hydrogen) atoms. The summed E-state index contributed by atoms with van der Waals surface area (Å²) in [4.78, 5) is 24.5. The van der Waals surface area contributed by atoms with Gasteiger partial charge in [-0.1, -0.05) is 224 Å². The number of nitrogens with one attached hydrogen (secondary N) is 1. The van der Waals surface area contributed by atoms with Crippen molar-refractivity contribution in [1.82, 2.24) is 5.32 Å². The molecule has 0 bridgehead atoms. The zero-order chi connectivity index (χ0) is 44.4. The smallest absolute Gasteiger partial charge is 0.305 e. The summed E-state index contributed by atoms with van der Waals surface area (Å²) in [6.07, 6.45) is 60.1. The molecule has 2 unspecified atom stereocenters. The molecule has 6 heteroatoms. The van der Waals surface area contributed by atoms with E-state index in [0.29, 0.717) is 25.9 Å². The molecule has 0 rings (SSSR count). The molecule has 6 nitrogen and oxygen atoms in total. The van der Waals surface area contributed by atoms with E-state index in [9.17, 15) is 19.8 Å². The van der Waals surface area contributed by atoms with Gasteiger partial charge in [-0.25, -0.2) is 0 Å². The van der Waals surface area contributed by atoms with Gasteiger partial charge < -0.3 is 20.3 Å². The Bertz CT molecular complexity index is 951. The highest BCUT2D eigenvalue weighted by Gasteiger charge is 2.20. The quantitative estimate of drug-likeness (QED) is 0.0322. The Morgan fingerprint density at radius 1 is 0.443 bits per heavy atom. The van der Waals surface area contributed by atoms with E-state index in [4.69, 9.17) is 4.74 Å². The highest BCUT2D eigenvalue weighted by molar-refractivity contribution is 5.76. The van der Waals surface area contributed by atoms with E-state index < -0.39 is 12.1 Å². The maximum atomic E-state index is 12.5. The van der Waals surface area contributed by atoms with Crippen LogP contribution in [-0.2, 0) is 14.3 Å². The predicted molar refractivity (Wildman–Crippen MR) is 264 cm³/mol. The fourth-order valence-electron chi connectivity index (χ4n) is 8.28. The van der Waals surface area contributed by atoms with Gasteiger partial charge in [-0.2, -0.15) is 0 Å². The number of aliphatic hydroxyl groups excluding tert-OH is 2. The molecular formula is C55H105NO5. The van der Waals surface area contributed by atoms with Crippen molar-refractivity contribution < 1.29 is 24.5 Å². The third kappa shape index (κ3) is 47.7. The summed E-state index contributed by atoms with van der Waals surface area (Å²) < 4.78 is 5.44. The number of unbranched alkanes of at least 4 members (excludes halogenated alkanes) is 35. The molecule has 2 atom stereocenters. The molecule has 0 aromatic heterocycles. The lowest BCUT2D eigenvalue weighted by Gasteiger charge is -2.22. The molecular weight excluding hydrogens is 755 g/mol. The Morgan fingerprint density at radius 3 is 1.16 bits per heavy atom. The van der Waals surface area contributed by atoms with Gasteiger partial charge in [-0.05, 0) is 77.0 Å². The lowest BCUT2D eigenvalue weighted by atomic mass is 10.0. The highest BCUT2D eigenvalue weighted by Crippen LogP contribution is 2.16. The number of allylic oxidation sites excluding steroid dienone is 4. The molecule has 0 saturated carbocycles. The van der Waals surface area contributed by atoms with Crippen molar-refractivity contribution in [3.05, 3.63) is 24.3 Å². The molecule has 0 saturated heterocycles. The van der Waals surface area contributed by atoms with Gasteiger partial charge in [0.15, 0.2) is 0 Å². The van der Waals surface area contributed by atoms with Crippen LogP contribution in [0.3, 0.4) is 0 Å². The van der Waals surface area contributed by atoms with Gasteiger partial charge in [0.2, 0.25) is 5.91 Å². The minimum absolute atomic E-state index is 0.0383. The van der Waals surface area contributed by atoms with Gasteiger partial charge in [0.25, 0.3) is 0 Å². The molecule has 0 heterocycles. The van der Waals surface area contributed by atoms with Crippen LogP contribution in [0.1, 0.15) is 290 Å². The summed E-state index contributed by atoms with van der Waals surface area (Å²) in [7, 11) is 0. The number of rotatable bonds is 50. The SMILES string of the molecule is CCCCCCCCC/C=C\CCCCCCCC(=O)OCCCC/C=C\CCCCCCCC(=O)NC(CO)C(O)CCCCCCCCCCCCCCCCCCC. The Morgan fingerprint density at radius 2 is 0.770 bits per heavy atom. The number of esters is 1. The average Bonchev–Trinajstić information content (AvgIpc) is 3.26. The number of carbonyl (C=O) groups is 2. The fourth-order valence-corrected chi connectivity index (χ4v) is 8.28. The molecule has 0 spiro atoms. The van der Waals surface area contributed by atoms with E-state index in [0.717, 1.165) is 83.5 Å². The first-order chi connectivity index (χ1) is 30.0. The zero-order valence-electron chi connectivity index (χ0n) is 40.9. The van der Waals surface area contributed by atoms with Crippen LogP contribution in [0.15, 0.2) is 24.3 Å². The molecule has 1 amide bonds. The van der Waals surface area contributed by atoms with Gasteiger partial charge in [-0.3, -0.25) is 9.59 Å². The van der Waals surface area contributed by atoms with Crippen molar-refractivity contribution in [2.45, 2.75) is 302 Å². The van der Waals surface area contributed by atoms with Gasteiger partial charge in [0, 0.05) is 12.8 Å². The number of aliphatic hydroxyl groups is 2. The molecule has 0 aliphatic rings. The number of carbonyl (C=O) groups excluding carboxylic acids is 2. The van der Waals surface area contributed by atoms with Gasteiger partial charge in [0.05, 0.1) is 25.4 Å². The topological polar surface area (TPSA) is 95.9 Å². The summed E-state index contributed by atoms with van der Waals surface area (Å²) in [5.41, 5.74) is 0. The van der Waals surface area contributed by atoms with E-state index in [1.165, 1.54) is 173 Å². The average molecular weight is 860 g/mol. The Balaban J connectivity index is 3.51. The molecule has 0 aromatic carbocycles. The third-order valence-corrected chi connectivity index (χ3v) is 12.5. The summed E-state index contributed by atoms with van der Waals surface area (Å²) >= 11 is 0. The highest BCUT2D eigenvalue weighted by atomic mass is 16.5. The van der Waals surface area contributed by atoms with E-state index >= 15 is 0 Å². The molecule has 0 radical (unpaired) electrons. The fraction of sp³-hybridized carbons (Fsp3) is 0.891. The monoisotopic (exact) mass is 860 g/mol. The van der Waals surface area contributed by atoms with Crippen LogP contribution in [0.4, 0.5) is 0 Å². The van der Waals surface area contributed by atoms with E-state index in [2.05, 4.69) is 43.5 Å². The minimum atomic E-state index is -0.683. The van der Waals surface area contributed by atoms with Crippen LogP contribution in [-0.4, -0.2) is 47.4 Å². The number of ether oxygens (including phenoxy) is 1. The standard InChI is InChI=1S/C55H105NO5/c1-3-5-7-9-11-13-15-17-19-21-22-24-27-31-35-39-43-47-53(58)52(51-57)56-54(59)48-44-40-36-32-28-26-30-34-38-42-46-50-61-55(60)49-45-41-37-33-29-25-23-20-18-16-14-12-10-8-6-4-2/h20,23,30,34,52-53,57-58H,3-19,21-22,24-29,31-33,35-51H2,1-2H3,(H,56,59)/b23-20-,34-30-. The van der Waals surface area contributed by atoms with Crippen molar-refractivity contribution in [3.63, 3.8) is 0 Å². The minimum Gasteiger partial charge on any atom is -0.466 e. The molecule has 0 aromatic rings. The van der Waals surface area contributed by atoms with Crippen molar-refractivity contribution in [1.29, 1.82) is 0 Å². The normalized spacial score (nSPS) is 12.8. The largest absolute Gasteiger partial charge is 0.466 e. The Kier molecular flexibility index (Phi) is 49.6. The number of hydrogen-bond donors (Lipinski definition) is 3. The van der Waals surface area contributed by atoms with Crippen molar-refractivity contribution in [3.8, 4) is 0 Å². The molecule has 3 N–H and O–H groups in total. The van der Waals surface area contributed by atoms with Crippen molar-refractivity contribution >= 4 is 11.9 Å². The van der Waals surface area contributed by atoms with Crippen LogP contribution >= 0.6 is 0 Å². The maximum absolute atomic E-state index is 12.5. The zero-order valence-corrected chi connectivity index (χ0v) is 40.9.